The second-order valence-corrected chi connectivity index (χ2v) is 16.2. The average molecular weight is 624 g/mol. The van der Waals surface area contributed by atoms with Crippen LogP contribution in [0.4, 0.5) is 0 Å². The summed E-state index contributed by atoms with van der Waals surface area (Å²) in [5, 5.41) is 33.8. The first-order chi connectivity index (χ1) is 20.2. The first-order valence-electron chi connectivity index (χ1n) is 17.9. The molecule has 10 heteroatoms. The second-order valence-electron chi connectivity index (χ2n) is 15.7. The topological polar surface area (TPSA) is 96.2 Å². The Kier molecular flexibility index (Phi) is 8.56. The van der Waals surface area contributed by atoms with Crippen molar-refractivity contribution in [2.75, 3.05) is 0 Å². The molecule has 9 fully saturated rings. The molecule has 238 valence electrons. The minimum absolute atomic E-state index is 0. The summed E-state index contributed by atoms with van der Waals surface area (Å²) in [5.74, 6) is 5.34. The lowest BCUT2D eigenvalue weighted by Crippen LogP contribution is -2.61. The van der Waals surface area contributed by atoms with Crippen LogP contribution in [-0.2, 0) is 0 Å². The molecule has 5 aliphatic heterocycles. The molecule has 0 aromatic carbocycles. The Morgan fingerprint density at radius 2 is 0.571 bits per heavy atom. The lowest BCUT2D eigenvalue weighted by molar-refractivity contribution is 0.168. The van der Waals surface area contributed by atoms with E-state index in [1.807, 2.05) is 0 Å². The summed E-state index contributed by atoms with van der Waals surface area (Å²) >= 11 is 7.19. The highest BCUT2D eigenvalue weighted by Gasteiger charge is 2.55. The Morgan fingerprint density at radius 3 is 0.905 bits per heavy atom. The maximum atomic E-state index is 7.19. The molecule has 8 N–H and O–H groups in total. The molecule has 9 rings (SSSR count). The van der Waals surface area contributed by atoms with E-state index in [1.165, 1.54) is 89.9 Å². The van der Waals surface area contributed by atoms with Crippen molar-refractivity contribution in [3.63, 3.8) is 0 Å². The zero-order valence-electron chi connectivity index (χ0n) is 25.2. The number of hydrogen-bond donors (Lipinski definition) is 8. The molecule has 0 radical (unpaired) electrons. The zero-order valence-corrected chi connectivity index (χ0v) is 26.8. The quantitative estimate of drug-likeness (QED) is 0.195. The van der Waals surface area contributed by atoms with Crippen LogP contribution in [0, 0.1) is 47.3 Å². The van der Waals surface area contributed by atoms with E-state index < -0.39 is 0 Å². The first-order valence-corrected chi connectivity index (χ1v) is 18.4. The summed E-state index contributed by atoms with van der Waals surface area (Å²) in [4.78, 5) is 0. The van der Waals surface area contributed by atoms with Crippen LogP contribution < -0.4 is 42.5 Å². The van der Waals surface area contributed by atoms with Crippen molar-refractivity contribution in [1.82, 2.24) is 42.5 Å². The summed E-state index contributed by atoms with van der Waals surface area (Å²) in [6.07, 6.45) is 22.9. The largest absolute Gasteiger partial charge is 0.286 e. The first kappa shape index (κ1) is 29.6. The van der Waals surface area contributed by atoms with E-state index in [-0.39, 0.29) is 23.9 Å². The highest BCUT2D eigenvalue weighted by molar-refractivity contribution is 6.20. The molecule has 0 aromatic heterocycles. The van der Waals surface area contributed by atoms with Crippen LogP contribution in [0.3, 0.4) is 0 Å². The van der Waals surface area contributed by atoms with E-state index in [1.54, 1.807) is 0 Å². The van der Waals surface area contributed by atoms with Gasteiger partial charge in [-0.05, 0) is 92.8 Å². The fourth-order valence-electron chi connectivity index (χ4n) is 12.0. The van der Waals surface area contributed by atoms with Gasteiger partial charge in [0.15, 0.2) is 0 Å². The van der Waals surface area contributed by atoms with Crippen molar-refractivity contribution in [3.05, 3.63) is 0 Å². The van der Waals surface area contributed by atoms with E-state index >= 15 is 0 Å². The standard InChI is InChI=1S/C32H55ClN8.ClH/c33-23-15-7-14-22-24(23)32-40-30-21-13-6-5-12-20(21)28(38-30)36-26-17-9-2-1-8-16(17)25(34-26)35-27-18-10-3-4-11-19(18)29(37-27)39-31(22)41-32;/h16-32,34-41H,1-15H2;1H. The molecular formula is C32H56Cl2N8. The maximum absolute atomic E-state index is 7.19. The van der Waals surface area contributed by atoms with E-state index in [0.29, 0.717) is 78.7 Å². The van der Waals surface area contributed by atoms with Crippen molar-refractivity contribution in [1.29, 1.82) is 0 Å². The van der Waals surface area contributed by atoms with Gasteiger partial charge < -0.3 is 0 Å². The fraction of sp³-hybridized carbons (Fsp3) is 1.00. The van der Waals surface area contributed by atoms with Gasteiger partial charge in [0.2, 0.25) is 0 Å². The predicted octanol–water partition coefficient (Wildman–Crippen LogP) is 3.24. The van der Waals surface area contributed by atoms with Crippen LogP contribution in [0.25, 0.3) is 0 Å². The summed E-state index contributed by atoms with van der Waals surface area (Å²) in [6.45, 7) is 0. The third-order valence-corrected chi connectivity index (χ3v) is 14.3. The van der Waals surface area contributed by atoms with E-state index in [4.69, 9.17) is 11.6 Å². The van der Waals surface area contributed by atoms with Crippen LogP contribution in [0.1, 0.15) is 96.3 Å². The molecule has 4 saturated carbocycles. The summed E-state index contributed by atoms with van der Waals surface area (Å²) in [6, 6.07) is 0. The minimum atomic E-state index is 0. The Balaban J connectivity index is 0.00000267. The Labute approximate surface area is 264 Å². The molecule has 0 spiro atoms. The second kappa shape index (κ2) is 12.1. The van der Waals surface area contributed by atoms with Gasteiger partial charge in [-0.25, -0.2) is 0 Å². The van der Waals surface area contributed by atoms with Gasteiger partial charge in [-0.1, -0.05) is 44.9 Å². The predicted molar refractivity (Wildman–Crippen MR) is 169 cm³/mol. The third kappa shape index (κ3) is 5.01. The number of fused-ring (bicyclic) bond motifs is 20. The molecule has 8 nitrogen and oxygen atoms in total. The van der Waals surface area contributed by atoms with Gasteiger partial charge in [0, 0.05) is 11.3 Å². The Morgan fingerprint density at radius 1 is 0.310 bits per heavy atom. The van der Waals surface area contributed by atoms with Crippen LogP contribution >= 0.6 is 24.0 Å². The van der Waals surface area contributed by atoms with E-state index in [9.17, 15) is 0 Å². The molecule has 42 heavy (non-hydrogen) atoms. The van der Waals surface area contributed by atoms with Crippen LogP contribution in [0.15, 0.2) is 0 Å². The van der Waals surface area contributed by atoms with Gasteiger partial charge in [0.1, 0.15) is 0 Å². The van der Waals surface area contributed by atoms with Gasteiger partial charge in [-0.15, -0.1) is 24.0 Å². The molecule has 17 atom stereocenters. The smallest absolute Gasteiger partial charge is 0.0642 e. The molecule has 5 heterocycles. The van der Waals surface area contributed by atoms with Crippen molar-refractivity contribution >= 4 is 24.0 Å². The van der Waals surface area contributed by atoms with Crippen molar-refractivity contribution in [2.24, 2.45) is 47.3 Å². The average Bonchev–Trinajstić information content (AvgIpc) is 3.73. The number of alkyl halides is 1. The lowest BCUT2D eigenvalue weighted by Gasteiger charge is -2.37. The number of rotatable bonds is 0. The molecule has 9 aliphatic rings. The monoisotopic (exact) mass is 622 g/mol. The van der Waals surface area contributed by atoms with Crippen molar-refractivity contribution in [3.8, 4) is 0 Å². The van der Waals surface area contributed by atoms with Gasteiger partial charge in [-0.3, -0.25) is 42.5 Å². The van der Waals surface area contributed by atoms with Gasteiger partial charge in [0.05, 0.1) is 49.3 Å². The summed E-state index contributed by atoms with van der Waals surface area (Å²) in [7, 11) is 0. The number of nitrogens with one attached hydrogen (secondary N) is 8. The van der Waals surface area contributed by atoms with E-state index in [2.05, 4.69) is 42.5 Å². The molecule has 17 unspecified atom stereocenters. The highest BCUT2D eigenvalue weighted by Crippen LogP contribution is 2.46. The van der Waals surface area contributed by atoms with Gasteiger partial charge >= 0.3 is 0 Å². The van der Waals surface area contributed by atoms with E-state index in [0.717, 1.165) is 18.3 Å². The molecule has 4 aliphatic carbocycles. The third-order valence-electron chi connectivity index (χ3n) is 13.8. The Bertz CT molecular complexity index is 957. The van der Waals surface area contributed by atoms with Crippen LogP contribution in [0.2, 0.25) is 0 Å². The molecule has 0 aromatic rings. The maximum Gasteiger partial charge on any atom is 0.0642 e. The van der Waals surface area contributed by atoms with Crippen molar-refractivity contribution in [2.45, 2.75) is 151 Å². The normalized spacial score (nSPS) is 56.9. The molecule has 8 bridgehead atoms. The molecular weight excluding hydrogens is 567 g/mol. The van der Waals surface area contributed by atoms with Crippen LogP contribution in [-0.4, -0.2) is 54.7 Å². The summed E-state index contributed by atoms with van der Waals surface area (Å²) < 4.78 is 0. The number of hydrogen-bond acceptors (Lipinski definition) is 8. The van der Waals surface area contributed by atoms with Crippen LogP contribution in [0.5, 0.6) is 0 Å². The SMILES string of the molecule is Cl.ClC1CCCC2C3NC4NC(NC5NC(NC6NC(NC(N3)C12)C1CCCCC61)C1CCCCC51)C1CCCCC41. The minimum Gasteiger partial charge on any atom is -0.286 e. The Hall–Kier alpha value is 0.260. The van der Waals surface area contributed by atoms with Gasteiger partial charge in [-0.2, -0.15) is 0 Å². The molecule has 0 amide bonds. The zero-order chi connectivity index (χ0) is 27.1. The fourth-order valence-corrected chi connectivity index (χ4v) is 12.5. The van der Waals surface area contributed by atoms with Gasteiger partial charge in [0.25, 0.3) is 0 Å². The van der Waals surface area contributed by atoms with Crippen molar-refractivity contribution < 1.29 is 0 Å². The highest BCUT2D eigenvalue weighted by atomic mass is 35.5. The number of halogens is 2. The molecule has 5 saturated heterocycles. The summed E-state index contributed by atoms with van der Waals surface area (Å²) in [5.41, 5.74) is 0. The lowest BCUT2D eigenvalue weighted by atomic mass is 9.76.